The van der Waals surface area contributed by atoms with Crippen LogP contribution in [0.15, 0.2) is 6.07 Å². The van der Waals surface area contributed by atoms with E-state index in [1.54, 1.807) is 0 Å². The normalized spacial score (nSPS) is 13.8. The SMILES string of the molecule is O=[N+]([O-])c1nc2c(cc1F)OCCO2. The van der Waals surface area contributed by atoms with E-state index in [4.69, 9.17) is 9.47 Å². The number of fused-ring (bicyclic) bond motifs is 1. The summed E-state index contributed by atoms with van der Waals surface area (Å²) in [5.41, 5.74) is 0. The van der Waals surface area contributed by atoms with Crippen molar-refractivity contribution in [3.8, 4) is 11.6 Å². The molecule has 0 aliphatic carbocycles. The van der Waals surface area contributed by atoms with E-state index in [0.717, 1.165) is 6.07 Å². The van der Waals surface area contributed by atoms with Crippen molar-refractivity contribution in [3.05, 3.63) is 22.0 Å². The average Bonchev–Trinajstić information content (AvgIpc) is 2.16. The van der Waals surface area contributed by atoms with Crippen molar-refractivity contribution in [1.82, 2.24) is 4.98 Å². The summed E-state index contributed by atoms with van der Waals surface area (Å²) >= 11 is 0. The van der Waals surface area contributed by atoms with Crippen LogP contribution in [-0.2, 0) is 0 Å². The number of hydrogen-bond donors (Lipinski definition) is 0. The van der Waals surface area contributed by atoms with Crippen molar-refractivity contribution < 1.29 is 18.8 Å². The largest absolute Gasteiger partial charge is 0.482 e. The quantitative estimate of drug-likeness (QED) is 0.497. The van der Waals surface area contributed by atoms with Crippen molar-refractivity contribution >= 4 is 5.82 Å². The third-order valence-electron chi connectivity index (χ3n) is 1.64. The number of nitro groups is 1. The summed E-state index contributed by atoms with van der Waals surface area (Å²) in [5.74, 6) is -1.82. The first-order valence-electron chi connectivity index (χ1n) is 3.79. The predicted octanol–water partition coefficient (Wildman–Crippen LogP) is 0.900. The van der Waals surface area contributed by atoms with Crippen molar-refractivity contribution in [2.45, 2.75) is 0 Å². The summed E-state index contributed by atoms with van der Waals surface area (Å²) < 4.78 is 22.9. The molecule has 2 heterocycles. The lowest BCUT2D eigenvalue weighted by molar-refractivity contribution is -0.392. The van der Waals surface area contributed by atoms with Gasteiger partial charge >= 0.3 is 11.7 Å². The van der Waals surface area contributed by atoms with Crippen LogP contribution in [0.1, 0.15) is 0 Å². The Labute approximate surface area is 77.4 Å². The van der Waals surface area contributed by atoms with E-state index >= 15 is 0 Å². The molecule has 0 amide bonds. The maximum atomic E-state index is 13.0. The second kappa shape index (κ2) is 3.09. The molecule has 6 nitrogen and oxygen atoms in total. The Morgan fingerprint density at radius 1 is 1.50 bits per heavy atom. The number of hydrogen-bond acceptors (Lipinski definition) is 5. The molecule has 0 radical (unpaired) electrons. The summed E-state index contributed by atoms with van der Waals surface area (Å²) in [6.45, 7) is 0.536. The monoisotopic (exact) mass is 200 g/mol. The highest BCUT2D eigenvalue weighted by atomic mass is 19.1. The van der Waals surface area contributed by atoms with Gasteiger partial charge in [-0.3, -0.25) is 0 Å². The number of rotatable bonds is 1. The van der Waals surface area contributed by atoms with Crippen LogP contribution in [0.2, 0.25) is 0 Å². The van der Waals surface area contributed by atoms with Gasteiger partial charge in [0.25, 0.3) is 0 Å². The van der Waals surface area contributed by atoms with Gasteiger partial charge in [0.2, 0.25) is 11.6 Å². The van der Waals surface area contributed by atoms with Crippen LogP contribution in [0, 0.1) is 15.9 Å². The standard InChI is InChI=1S/C7H5FN2O4/c8-4-3-5-7(14-2-1-13-5)9-6(4)10(11)12/h3H,1-2H2. The third-order valence-corrected chi connectivity index (χ3v) is 1.64. The topological polar surface area (TPSA) is 74.5 Å². The number of halogens is 1. The molecule has 1 aliphatic rings. The van der Waals surface area contributed by atoms with E-state index in [1.165, 1.54) is 0 Å². The fourth-order valence-electron chi connectivity index (χ4n) is 1.07. The summed E-state index contributed by atoms with van der Waals surface area (Å²) in [5, 5.41) is 10.3. The summed E-state index contributed by atoms with van der Waals surface area (Å²) in [6.07, 6.45) is 0. The maximum Gasteiger partial charge on any atom is 0.403 e. The van der Waals surface area contributed by atoms with E-state index < -0.39 is 16.6 Å². The van der Waals surface area contributed by atoms with E-state index in [-0.39, 0.29) is 24.8 Å². The predicted molar refractivity (Wildman–Crippen MR) is 41.8 cm³/mol. The fourth-order valence-corrected chi connectivity index (χ4v) is 1.07. The fraction of sp³-hybridized carbons (Fsp3) is 0.286. The summed E-state index contributed by atoms with van der Waals surface area (Å²) in [4.78, 5) is 12.8. The van der Waals surface area contributed by atoms with Gasteiger partial charge in [0, 0.05) is 11.1 Å². The third kappa shape index (κ3) is 1.32. The molecule has 0 atom stereocenters. The minimum atomic E-state index is -1.03. The zero-order valence-electron chi connectivity index (χ0n) is 6.90. The second-order valence-electron chi connectivity index (χ2n) is 2.55. The van der Waals surface area contributed by atoms with Crippen LogP contribution in [0.5, 0.6) is 11.6 Å². The van der Waals surface area contributed by atoms with Gasteiger partial charge in [-0.1, -0.05) is 0 Å². The van der Waals surface area contributed by atoms with Crippen LogP contribution in [0.4, 0.5) is 10.2 Å². The van der Waals surface area contributed by atoms with Gasteiger partial charge in [0.1, 0.15) is 13.2 Å². The lowest BCUT2D eigenvalue weighted by Gasteiger charge is -2.13. The van der Waals surface area contributed by atoms with Gasteiger partial charge in [0.15, 0.2) is 0 Å². The number of aromatic nitrogens is 1. The summed E-state index contributed by atoms with van der Waals surface area (Å²) in [7, 11) is 0. The Kier molecular flexibility index (Phi) is 1.91. The molecule has 0 N–H and O–H groups in total. The molecule has 14 heavy (non-hydrogen) atoms. The number of ether oxygens (including phenoxy) is 2. The Morgan fingerprint density at radius 3 is 2.93 bits per heavy atom. The second-order valence-corrected chi connectivity index (χ2v) is 2.55. The Morgan fingerprint density at radius 2 is 2.21 bits per heavy atom. The zero-order valence-corrected chi connectivity index (χ0v) is 6.90. The first-order chi connectivity index (χ1) is 6.68. The van der Waals surface area contributed by atoms with Crippen LogP contribution in [0.25, 0.3) is 0 Å². The lowest BCUT2D eigenvalue weighted by atomic mass is 10.4. The number of nitrogens with zero attached hydrogens (tertiary/aromatic N) is 2. The van der Waals surface area contributed by atoms with E-state index in [1.807, 2.05) is 0 Å². The molecule has 0 unspecified atom stereocenters. The van der Waals surface area contributed by atoms with Gasteiger partial charge in [0.05, 0.1) is 0 Å². The molecule has 1 aromatic heterocycles. The van der Waals surface area contributed by atoms with Gasteiger partial charge in [-0.05, 0) is 4.92 Å². The molecule has 1 aliphatic heterocycles. The minimum Gasteiger partial charge on any atom is -0.482 e. The van der Waals surface area contributed by atoms with Crippen molar-refractivity contribution in [2.24, 2.45) is 0 Å². The molecule has 0 bridgehead atoms. The highest BCUT2D eigenvalue weighted by molar-refractivity contribution is 5.40. The minimum absolute atomic E-state index is 0.0376. The van der Waals surface area contributed by atoms with Gasteiger partial charge in [-0.15, -0.1) is 0 Å². The van der Waals surface area contributed by atoms with Crippen molar-refractivity contribution in [1.29, 1.82) is 0 Å². The molecule has 0 saturated carbocycles. The van der Waals surface area contributed by atoms with E-state index in [0.29, 0.717) is 0 Å². The van der Waals surface area contributed by atoms with Crippen molar-refractivity contribution in [3.63, 3.8) is 0 Å². The van der Waals surface area contributed by atoms with Crippen molar-refractivity contribution in [2.75, 3.05) is 13.2 Å². The Hall–Kier alpha value is -1.92. The first-order valence-corrected chi connectivity index (χ1v) is 3.79. The zero-order chi connectivity index (χ0) is 10.1. The molecule has 74 valence electrons. The van der Waals surface area contributed by atoms with Gasteiger partial charge in [-0.2, -0.15) is 4.39 Å². The molecular formula is C7H5FN2O4. The lowest BCUT2D eigenvalue weighted by Crippen LogP contribution is -2.17. The Balaban J connectivity index is 2.50. The molecule has 0 spiro atoms. The smallest absolute Gasteiger partial charge is 0.403 e. The number of pyridine rings is 1. The maximum absolute atomic E-state index is 13.0. The highest BCUT2D eigenvalue weighted by Crippen LogP contribution is 2.31. The van der Waals surface area contributed by atoms with Crippen LogP contribution >= 0.6 is 0 Å². The Bertz CT molecular complexity index is 396. The molecule has 7 heteroatoms. The highest BCUT2D eigenvalue weighted by Gasteiger charge is 2.26. The van der Waals surface area contributed by atoms with Crippen LogP contribution < -0.4 is 9.47 Å². The van der Waals surface area contributed by atoms with Gasteiger partial charge in [-0.25, -0.2) is 0 Å². The molecule has 1 aromatic rings. The molecule has 2 rings (SSSR count). The van der Waals surface area contributed by atoms with E-state index in [2.05, 4.69) is 4.98 Å². The first kappa shape index (κ1) is 8.67. The average molecular weight is 200 g/mol. The molecule has 0 aromatic carbocycles. The van der Waals surface area contributed by atoms with Gasteiger partial charge < -0.3 is 19.6 Å². The molecule has 0 saturated heterocycles. The summed E-state index contributed by atoms with van der Waals surface area (Å²) in [6, 6.07) is 0.902. The molecule has 0 fully saturated rings. The van der Waals surface area contributed by atoms with E-state index in [9.17, 15) is 14.5 Å². The molecular weight excluding hydrogens is 195 g/mol. The van der Waals surface area contributed by atoms with Crippen LogP contribution in [0.3, 0.4) is 0 Å². The van der Waals surface area contributed by atoms with Crippen LogP contribution in [-0.4, -0.2) is 23.1 Å².